The number of ether oxygens (including phenoxy) is 1. The fourth-order valence-electron chi connectivity index (χ4n) is 1.29. The average Bonchev–Trinajstić information content (AvgIpc) is 2.32. The first kappa shape index (κ1) is 8.33. The molecule has 1 aliphatic heterocycles. The van der Waals surface area contributed by atoms with Crippen LogP contribution in [-0.2, 0) is 4.74 Å². The fourth-order valence-corrected chi connectivity index (χ4v) is 1.29. The van der Waals surface area contributed by atoms with Gasteiger partial charge in [-0.2, -0.15) is 0 Å². The standard InChI is InChI=1S/C6H11N3O2/c1-4-2-5(8-9-7)6(3-10)11-4/h4-6,10H,2-3H2,1H3/t4?,5-,6-/m1/s1. The van der Waals surface area contributed by atoms with E-state index in [0.29, 0.717) is 6.42 Å². The molecule has 1 unspecified atom stereocenters. The smallest absolute Gasteiger partial charge is 0.0894 e. The maximum atomic E-state index is 8.77. The number of azide groups is 1. The van der Waals surface area contributed by atoms with Gasteiger partial charge in [-0.05, 0) is 18.9 Å². The third kappa shape index (κ3) is 1.83. The summed E-state index contributed by atoms with van der Waals surface area (Å²) in [6, 6.07) is -0.194. The van der Waals surface area contributed by atoms with Crippen LogP contribution in [0, 0.1) is 0 Å². The SMILES string of the molecule is CC1C[C@@H](N=[N+]=[N-])[C@@H](CO)O1. The van der Waals surface area contributed by atoms with E-state index in [2.05, 4.69) is 10.0 Å². The van der Waals surface area contributed by atoms with Gasteiger partial charge in [-0.15, -0.1) is 0 Å². The summed E-state index contributed by atoms with van der Waals surface area (Å²) in [6.45, 7) is 1.82. The Hall–Kier alpha value is -0.770. The molecule has 0 radical (unpaired) electrons. The molecular weight excluding hydrogens is 146 g/mol. The number of hydrogen-bond donors (Lipinski definition) is 1. The molecule has 0 bridgehead atoms. The van der Waals surface area contributed by atoms with E-state index in [4.69, 9.17) is 15.4 Å². The topological polar surface area (TPSA) is 78.2 Å². The lowest BCUT2D eigenvalue weighted by Gasteiger charge is -2.09. The average molecular weight is 157 g/mol. The molecule has 1 rings (SSSR count). The van der Waals surface area contributed by atoms with Crippen LogP contribution in [0.15, 0.2) is 5.11 Å². The molecule has 1 fully saturated rings. The molecule has 0 aliphatic carbocycles. The van der Waals surface area contributed by atoms with Gasteiger partial charge in [0.2, 0.25) is 0 Å². The summed E-state index contributed by atoms with van der Waals surface area (Å²) in [5, 5.41) is 12.3. The lowest BCUT2D eigenvalue weighted by atomic mass is 10.1. The summed E-state index contributed by atoms with van der Waals surface area (Å²) in [6.07, 6.45) is 0.485. The Bertz CT molecular complexity index is 179. The molecule has 11 heavy (non-hydrogen) atoms. The zero-order chi connectivity index (χ0) is 8.27. The van der Waals surface area contributed by atoms with Crippen LogP contribution in [0.4, 0.5) is 0 Å². The Balaban J connectivity index is 2.56. The minimum Gasteiger partial charge on any atom is -0.394 e. The number of nitrogens with zero attached hydrogens (tertiary/aromatic N) is 3. The Kier molecular flexibility index (Phi) is 2.70. The molecule has 1 N–H and O–H groups in total. The zero-order valence-corrected chi connectivity index (χ0v) is 6.34. The predicted molar refractivity (Wildman–Crippen MR) is 39.0 cm³/mol. The van der Waals surface area contributed by atoms with Crippen LogP contribution in [-0.4, -0.2) is 30.0 Å². The molecule has 0 amide bonds. The quantitative estimate of drug-likeness (QED) is 0.366. The van der Waals surface area contributed by atoms with Gasteiger partial charge < -0.3 is 9.84 Å². The van der Waals surface area contributed by atoms with E-state index in [1.807, 2.05) is 6.92 Å². The molecule has 3 atom stereocenters. The first-order valence-electron chi connectivity index (χ1n) is 3.58. The summed E-state index contributed by atoms with van der Waals surface area (Å²) >= 11 is 0. The molecule has 0 aromatic rings. The van der Waals surface area contributed by atoms with Crippen molar-refractivity contribution in [2.45, 2.75) is 31.6 Å². The summed E-state index contributed by atoms with van der Waals surface area (Å²) < 4.78 is 5.26. The molecule has 1 heterocycles. The minimum absolute atomic E-state index is 0.0754. The van der Waals surface area contributed by atoms with Crippen molar-refractivity contribution in [3.63, 3.8) is 0 Å². The number of aliphatic hydroxyl groups is 1. The third-order valence-corrected chi connectivity index (χ3v) is 1.79. The van der Waals surface area contributed by atoms with Gasteiger partial charge in [0.25, 0.3) is 0 Å². The van der Waals surface area contributed by atoms with Gasteiger partial charge in [-0.1, -0.05) is 5.11 Å². The van der Waals surface area contributed by atoms with Crippen LogP contribution >= 0.6 is 0 Å². The molecule has 5 nitrogen and oxygen atoms in total. The highest BCUT2D eigenvalue weighted by Gasteiger charge is 2.31. The van der Waals surface area contributed by atoms with Crippen LogP contribution in [0.3, 0.4) is 0 Å². The van der Waals surface area contributed by atoms with Crippen LogP contribution < -0.4 is 0 Å². The van der Waals surface area contributed by atoms with E-state index in [1.165, 1.54) is 0 Å². The molecular formula is C6H11N3O2. The predicted octanol–water partition coefficient (Wildman–Crippen LogP) is 0.835. The van der Waals surface area contributed by atoms with Gasteiger partial charge in [0.1, 0.15) is 0 Å². The monoisotopic (exact) mass is 157 g/mol. The van der Waals surface area contributed by atoms with Gasteiger partial charge in [-0.25, -0.2) is 0 Å². The van der Waals surface area contributed by atoms with E-state index in [9.17, 15) is 0 Å². The summed E-state index contributed by atoms with van der Waals surface area (Å²) in [4.78, 5) is 2.68. The van der Waals surface area contributed by atoms with Crippen molar-refractivity contribution in [2.75, 3.05) is 6.61 Å². The van der Waals surface area contributed by atoms with Crippen molar-refractivity contribution < 1.29 is 9.84 Å². The molecule has 0 aromatic carbocycles. The van der Waals surface area contributed by atoms with E-state index in [0.717, 1.165) is 0 Å². The summed E-state index contributed by atoms with van der Waals surface area (Å²) in [7, 11) is 0. The second-order valence-electron chi connectivity index (χ2n) is 2.68. The molecule has 1 aliphatic rings. The summed E-state index contributed by atoms with van der Waals surface area (Å²) in [5.74, 6) is 0. The Morgan fingerprint density at radius 3 is 3.09 bits per heavy atom. The normalized spacial score (nSPS) is 36.7. The van der Waals surface area contributed by atoms with Gasteiger partial charge in [-0.3, -0.25) is 0 Å². The highest BCUT2D eigenvalue weighted by Crippen LogP contribution is 2.22. The first-order chi connectivity index (χ1) is 5.27. The van der Waals surface area contributed by atoms with Gasteiger partial charge >= 0.3 is 0 Å². The number of rotatable bonds is 2. The van der Waals surface area contributed by atoms with Gasteiger partial charge in [0.05, 0.1) is 24.9 Å². The van der Waals surface area contributed by atoms with Crippen molar-refractivity contribution in [3.8, 4) is 0 Å². The van der Waals surface area contributed by atoms with Crippen molar-refractivity contribution in [2.24, 2.45) is 5.11 Å². The van der Waals surface area contributed by atoms with Crippen molar-refractivity contribution in [1.82, 2.24) is 0 Å². The van der Waals surface area contributed by atoms with E-state index < -0.39 is 0 Å². The molecule has 1 saturated heterocycles. The fraction of sp³-hybridized carbons (Fsp3) is 1.00. The second-order valence-corrected chi connectivity index (χ2v) is 2.68. The van der Waals surface area contributed by atoms with Crippen molar-refractivity contribution in [1.29, 1.82) is 0 Å². The molecule has 0 spiro atoms. The van der Waals surface area contributed by atoms with Gasteiger partial charge in [0, 0.05) is 4.91 Å². The number of hydrogen-bond acceptors (Lipinski definition) is 3. The zero-order valence-electron chi connectivity index (χ0n) is 6.34. The van der Waals surface area contributed by atoms with E-state index >= 15 is 0 Å². The van der Waals surface area contributed by atoms with Crippen LogP contribution in [0.5, 0.6) is 0 Å². The van der Waals surface area contributed by atoms with Gasteiger partial charge in [0.15, 0.2) is 0 Å². The van der Waals surface area contributed by atoms with Crippen LogP contribution in [0.25, 0.3) is 10.4 Å². The van der Waals surface area contributed by atoms with E-state index in [1.54, 1.807) is 0 Å². The molecule has 62 valence electrons. The maximum Gasteiger partial charge on any atom is 0.0894 e. The Labute approximate surface area is 64.6 Å². The van der Waals surface area contributed by atoms with E-state index in [-0.39, 0.29) is 24.9 Å². The van der Waals surface area contributed by atoms with Crippen molar-refractivity contribution in [3.05, 3.63) is 10.4 Å². The highest BCUT2D eigenvalue weighted by atomic mass is 16.5. The number of aliphatic hydroxyl groups excluding tert-OH is 1. The maximum absolute atomic E-state index is 8.77. The van der Waals surface area contributed by atoms with Crippen LogP contribution in [0.2, 0.25) is 0 Å². The lowest BCUT2D eigenvalue weighted by molar-refractivity contribution is 0.0157. The Morgan fingerprint density at radius 2 is 2.55 bits per heavy atom. The highest BCUT2D eigenvalue weighted by molar-refractivity contribution is 4.85. The minimum atomic E-state index is -0.305. The Morgan fingerprint density at radius 1 is 1.82 bits per heavy atom. The van der Waals surface area contributed by atoms with Crippen LogP contribution in [0.1, 0.15) is 13.3 Å². The third-order valence-electron chi connectivity index (χ3n) is 1.79. The van der Waals surface area contributed by atoms with Crippen molar-refractivity contribution >= 4 is 0 Å². The molecule has 0 saturated carbocycles. The second kappa shape index (κ2) is 3.57. The first-order valence-corrected chi connectivity index (χ1v) is 3.58. The molecule has 0 aromatic heterocycles. The molecule has 5 heteroatoms. The lowest BCUT2D eigenvalue weighted by Crippen LogP contribution is -2.22. The largest absolute Gasteiger partial charge is 0.394 e. The summed E-state index contributed by atoms with van der Waals surface area (Å²) in [5.41, 5.74) is 8.15.